The first kappa shape index (κ1) is 13.9. The summed E-state index contributed by atoms with van der Waals surface area (Å²) in [6.45, 7) is 4.69. The molecule has 1 spiro atoms. The molecule has 1 unspecified atom stereocenters. The standard InChI is InChI=1S/C15H20ClN3O/c16-12-3-1-2-4-13(12)18-14(20)9-19-8-6-15(11-19)5-7-17-10-15/h1-4,17H,5-11H2,(H,18,20). The average molecular weight is 294 g/mol. The number of likely N-dealkylation sites (tertiary alicyclic amines) is 1. The Balaban J connectivity index is 1.54. The summed E-state index contributed by atoms with van der Waals surface area (Å²) in [5, 5.41) is 6.90. The number of amides is 1. The Morgan fingerprint density at radius 2 is 2.25 bits per heavy atom. The van der Waals surface area contributed by atoms with E-state index in [1.807, 2.05) is 18.2 Å². The van der Waals surface area contributed by atoms with E-state index in [0.717, 1.165) is 26.2 Å². The molecule has 2 aliphatic heterocycles. The highest BCUT2D eigenvalue weighted by molar-refractivity contribution is 6.33. The lowest BCUT2D eigenvalue weighted by molar-refractivity contribution is -0.117. The number of carbonyl (C=O) groups is 1. The number of carbonyl (C=O) groups excluding carboxylic acids is 1. The van der Waals surface area contributed by atoms with Crippen LogP contribution in [-0.2, 0) is 4.79 Å². The lowest BCUT2D eigenvalue weighted by Gasteiger charge is -2.22. The lowest BCUT2D eigenvalue weighted by atomic mass is 9.87. The van der Waals surface area contributed by atoms with Crippen molar-refractivity contribution in [1.29, 1.82) is 0 Å². The number of hydrogen-bond acceptors (Lipinski definition) is 3. The Morgan fingerprint density at radius 1 is 1.40 bits per heavy atom. The van der Waals surface area contributed by atoms with Crippen LogP contribution in [0.15, 0.2) is 24.3 Å². The zero-order valence-electron chi connectivity index (χ0n) is 11.5. The topological polar surface area (TPSA) is 44.4 Å². The van der Waals surface area contributed by atoms with Crippen LogP contribution in [0, 0.1) is 5.41 Å². The normalized spacial score (nSPS) is 26.2. The SMILES string of the molecule is O=C(CN1CCC2(CCNC2)C1)Nc1ccccc1Cl. The summed E-state index contributed by atoms with van der Waals surface area (Å²) in [5.41, 5.74) is 1.10. The van der Waals surface area contributed by atoms with Crippen molar-refractivity contribution in [1.82, 2.24) is 10.2 Å². The first-order valence-electron chi connectivity index (χ1n) is 7.14. The molecule has 4 nitrogen and oxygen atoms in total. The lowest BCUT2D eigenvalue weighted by Crippen LogP contribution is -2.34. The largest absolute Gasteiger partial charge is 0.324 e. The molecule has 0 bridgehead atoms. The third-order valence-electron chi connectivity index (χ3n) is 4.36. The fourth-order valence-corrected chi connectivity index (χ4v) is 3.44. The number of hydrogen-bond donors (Lipinski definition) is 2. The summed E-state index contributed by atoms with van der Waals surface area (Å²) in [7, 11) is 0. The van der Waals surface area contributed by atoms with Crippen LogP contribution >= 0.6 is 11.6 Å². The Kier molecular flexibility index (Phi) is 3.96. The predicted molar refractivity (Wildman–Crippen MR) is 81.1 cm³/mol. The van der Waals surface area contributed by atoms with Crippen LogP contribution in [0.4, 0.5) is 5.69 Å². The van der Waals surface area contributed by atoms with Crippen molar-refractivity contribution in [3.05, 3.63) is 29.3 Å². The highest BCUT2D eigenvalue weighted by atomic mass is 35.5. The number of para-hydroxylation sites is 1. The van der Waals surface area contributed by atoms with Crippen molar-refractivity contribution in [2.45, 2.75) is 12.8 Å². The van der Waals surface area contributed by atoms with Gasteiger partial charge in [-0.1, -0.05) is 23.7 Å². The van der Waals surface area contributed by atoms with Crippen molar-refractivity contribution in [3.8, 4) is 0 Å². The van der Waals surface area contributed by atoms with E-state index in [-0.39, 0.29) is 5.91 Å². The summed E-state index contributed by atoms with van der Waals surface area (Å²) in [6.07, 6.45) is 2.43. The second kappa shape index (κ2) is 5.72. The second-order valence-corrected chi connectivity index (χ2v) is 6.32. The highest BCUT2D eigenvalue weighted by Gasteiger charge is 2.40. The van der Waals surface area contributed by atoms with Gasteiger partial charge in [0.05, 0.1) is 17.3 Å². The summed E-state index contributed by atoms with van der Waals surface area (Å²) in [4.78, 5) is 14.3. The molecule has 2 fully saturated rings. The van der Waals surface area contributed by atoms with E-state index >= 15 is 0 Å². The molecular weight excluding hydrogens is 274 g/mol. The van der Waals surface area contributed by atoms with E-state index in [1.165, 1.54) is 12.8 Å². The first-order chi connectivity index (χ1) is 9.67. The van der Waals surface area contributed by atoms with Crippen molar-refractivity contribution in [3.63, 3.8) is 0 Å². The van der Waals surface area contributed by atoms with Gasteiger partial charge in [-0.15, -0.1) is 0 Å². The van der Waals surface area contributed by atoms with Gasteiger partial charge in [-0.2, -0.15) is 0 Å². The summed E-state index contributed by atoms with van der Waals surface area (Å²) in [6, 6.07) is 7.34. The zero-order chi connectivity index (χ0) is 14.0. The fraction of sp³-hybridized carbons (Fsp3) is 0.533. The third kappa shape index (κ3) is 2.97. The van der Waals surface area contributed by atoms with Gasteiger partial charge in [-0.3, -0.25) is 9.69 Å². The molecule has 0 aliphatic carbocycles. The maximum Gasteiger partial charge on any atom is 0.238 e. The second-order valence-electron chi connectivity index (χ2n) is 5.92. The molecule has 5 heteroatoms. The van der Waals surface area contributed by atoms with Crippen molar-refractivity contribution in [2.75, 3.05) is 38.0 Å². The molecule has 1 amide bonds. The predicted octanol–water partition coefficient (Wildman–Crippen LogP) is 1.96. The molecule has 3 rings (SSSR count). The zero-order valence-corrected chi connectivity index (χ0v) is 12.2. The van der Waals surface area contributed by atoms with Crippen molar-refractivity contribution >= 4 is 23.2 Å². The van der Waals surface area contributed by atoms with Gasteiger partial charge in [-0.05, 0) is 43.5 Å². The van der Waals surface area contributed by atoms with Gasteiger partial charge in [-0.25, -0.2) is 0 Å². The van der Waals surface area contributed by atoms with Crippen LogP contribution in [0.3, 0.4) is 0 Å². The molecule has 2 heterocycles. The quantitative estimate of drug-likeness (QED) is 0.895. The van der Waals surface area contributed by atoms with Crippen LogP contribution in [0.1, 0.15) is 12.8 Å². The van der Waals surface area contributed by atoms with Gasteiger partial charge in [0.1, 0.15) is 0 Å². The minimum absolute atomic E-state index is 0.0149. The van der Waals surface area contributed by atoms with E-state index in [2.05, 4.69) is 15.5 Å². The van der Waals surface area contributed by atoms with E-state index in [9.17, 15) is 4.79 Å². The molecule has 108 valence electrons. The summed E-state index contributed by atoms with van der Waals surface area (Å²) in [5.74, 6) is 0.0149. The monoisotopic (exact) mass is 293 g/mol. The minimum Gasteiger partial charge on any atom is -0.324 e. The molecule has 0 saturated carbocycles. The average Bonchev–Trinajstić information content (AvgIpc) is 3.03. The molecule has 2 saturated heterocycles. The number of benzene rings is 1. The molecular formula is C15H20ClN3O. The molecule has 2 N–H and O–H groups in total. The number of nitrogens with one attached hydrogen (secondary N) is 2. The van der Waals surface area contributed by atoms with Crippen molar-refractivity contribution in [2.24, 2.45) is 5.41 Å². The van der Waals surface area contributed by atoms with Gasteiger partial charge in [0, 0.05) is 13.1 Å². The number of halogens is 1. The Bertz CT molecular complexity index is 500. The molecule has 2 aliphatic rings. The van der Waals surface area contributed by atoms with Crippen molar-refractivity contribution < 1.29 is 4.79 Å². The number of anilines is 1. The molecule has 0 radical (unpaired) electrons. The van der Waals surface area contributed by atoms with Crippen LogP contribution in [0.25, 0.3) is 0 Å². The molecule has 1 atom stereocenters. The van der Waals surface area contributed by atoms with E-state index in [1.54, 1.807) is 6.07 Å². The molecule has 20 heavy (non-hydrogen) atoms. The van der Waals surface area contributed by atoms with Gasteiger partial charge in [0.25, 0.3) is 0 Å². The fourth-order valence-electron chi connectivity index (χ4n) is 3.26. The van der Waals surface area contributed by atoms with Crippen LogP contribution in [-0.4, -0.2) is 43.5 Å². The van der Waals surface area contributed by atoms with Gasteiger partial charge in [0.2, 0.25) is 5.91 Å². The molecule has 1 aromatic carbocycles. The van der Waals surface area contributed by atoms with E-state index < -0.39 is 0 Å². The molecule has 0 aromatic heterocycles. The number of rotatable bonds is 3. The third-order valence-corrected chi connectivity index (χ3v) is 4.69. The Hall–Kier alpha value is -1.10. The van der Waals surface area contributed by atoms with Gasteiger partial charge in [0.15, 0.2) is 0 Å². The van der Waals surface area contributed by atoms with Crippen LogP contribution in [0.5, 0.6) is 0 Å². The first-order valence-corrected chi connectivity index (χ1v) is 7.52. The minimum atomic E-state index is 0.0149. The molecule has 1 aromatic rings. The Labute approximate surface area is 124 Å². The smallest absolute Gasteiger partial charge is 0.238 e. The summed E-state index contributed by atoms with van der Waals surface area (Å²) < 4.78 is 0. The maximum atomic E-state index is 12.1. The summed E-state index contributed by atoms with van der Waals surface area (Å²) >= 11 is 6.05. The van der Waals surface area contributed by atoms with E-state index in [4.69, 9.17) is 11.6 Å². The van der Waals surface area contributed by atoms with Gasteiger partial charge >= 0.3 is 0 Å². The highest BCUT2D eigenvalue weighted by Crippen LogP contribution is 2.35. The Morgan fingerprint density at radius 3 is 3.00 bits per heavy atom. The van der Waals surface area contributed by atoms with Crippen LogP contribution < -0.4 is 10.6 Å². The van der Waals surface area contributed by atoms with Crippen LogP contribution in [0.2, 0.25) is 5.02 Å². The number of nitrogens with zero attached hydrogens (tertiary/aromatic N) is 1. The maximum absolute atomic E-state index is 12.1. The van der Waals surface area contributed by atoms with E-state index in [0.29, 0.717) is 22.7 Å². The van der Waals surface area contributed by atoms with Gasteiger partial charge < -0.3 is 10.6 Å².